The molecule has 11 nitrogen and oxygen atoms in total. The number of furan rings is 2. The minimum atomic E-state index is -6.85. The minimum Gasteiger partial charge on any atom is -0.507 e. The van der Waals surface area contributed by atoms with Gasteiger partial charge in [-0.1, -0.05) is 80.9 Å². The van der Waals surface area contributed by atoms with Gasteiger partial charge in [-0.15, -0.1) is 3.63 Å². The van der Waals surface area contributed by atoms with Crippen LogP contribution in [-0.2, 0) is 34.0 Å². The molecule has 6 rings (SSSR count). The summed E-state index contributed by atoms with van der Waals surface area (Å²) in [4.78, 5) is 0. The Labute approximate surface area is 316 Å². The first-order chi connectivity index (χ1) is 25.1. The van der Waals surface area contributed by atoms with E-state index in [9.17, 15) is 69.9 Å². The summed E-state index contributed by atoms with van der Waals surface area (Å²) in [5.74, 6) is -0.260. The molecule has 0 fully saturated rings. The summed E-state index contributed by atoms with van der Waals surface area (Å²) in [6, 6.07) is 19.2. The number of hydrogen-bond acceptors (Lipinski definition) is 11. The Morgan fingerprint density at radius 1 is 0.618 bits per heavy atom. The van der Waals surface area contributed by atoms with Crippen LogP contribution in [0.1, 0.15) is 22.6 Å². The van der Waals surface area contributed by atoms with Gasteiger partial charge in [0.25, 0.3) is 0 Å². The molecule has 0 unspecified atom stereocenters. The number of phenols is 1. The van der Waals surface area contributed by atoms with E-state index in [0.29, 0.717) is 28.5 Å². The molecule has 0 saturated heterocycles. The molecule has 2 heterocycles. The van der Waals surface area contributed by atoms with Crippen molar-refractivity contribution in [1.29, 1.82) is 0 Å². The van der Waals surface area contributed by atoms with Crippen LogP contribution in [0.15, 0.2) is 81.6 Å². The lowest BCUT2D eigenvalue weighted by molar-refractivity contribution is -0.0586. The molecule has 0 atom stereocenters. The van der Waals surface area contributed by atoms with E-state index >= 15 is 0 Å². The van der Waals surface area contributed by atoms with Crippen molar-refractivity contribution in [2.45, 2.75) is 37.8 Å². The highest BCUT2D eigenvalue weighted by molar-refractivity contribution is 8.00. The second-order valence-corrected chi connectivity index (χ2v) is 15.2. The average Bonchev–Trinajstić information content (AvgIpc) is 3.62. The fraction of sp³-hybridized carbons (Fsp3) is 0.200. The second-order valence-electron chi connectivity index (χ2n) is 9.57. The van der Waals surface area contributed by atoms with Gasteiger partial charge < -0.3 is 18.1 Å². The van der Waals surface area contributed by atoms with E-state index in [1.54, 1.807) is 43.3 Å². The molecule has 25 heteroatoms. The lowest BCUT2D eigenvalue weighted by Crippen LogP contribution is -2.34. The van der Waals surface area contributed by atoms with Crippen molar-refractivity contribution < 1.29 is 87.9 Å². The third-order valence-corrected chi connectivity index (χ3v) is 10.2. The summed E-state index contributed by atoms with van der Waals surface area (Å²) in [6.45, 7) is 2.29. The number of alkyl halides is 9. The van der Waals surface area contributed by atoms with E-state index < -0.39 is 52.6 Å². The summed E-state index contributed by atoms with van der Waals surface area (Å²) in [5, 5.41) is 12.6. The standard InChI is InChI=1S/C13H6ClF3O4S.C12H7ClO2.C2F6O5S2.C2H6.CH4/c14-8-4-1-3-7-11-9(20-12(7)8)5-2-6-10(11)21-22(18,19)13(15,16)17;13-8-4-1-3-7-11-9(14)5-2-6-10(11)15-12(7)8;3-1(4,5)14(9,10)13-15(11,12)2(6,7)8;1-2;/h1-6H;1-6,14H;;1-2H3;1H4/i;;;1D;. The van der Waals surface area contributed by atoms with Gasteiger partial charge in [-0.25, -0.2) is 0 Å². The highest BCUT2D eigenvalue weighted by Gasteiger charge is 2.57. The number of rotatable bonds is 4. The maximum absolute atomic E-state index is 12.5. The number of hydrogen-bond donors (Lipinski definition) is 1. The Balaban J connectivity index is 0.000000285. The zero-order valence-electron chi connectivity index (χ0n) is 27.0. The van der Waals surface area contributed by atoms with Crippen molar-refractivity contribution in [3.05, 3.63) is 82.8 Å². The summed E-state index contributed by atoms with van der Waals surface area (Å²) in [6.07, 6.45) is 0. The van der Waals surface area contributed by atoms with E-state index in [1.165, 1.54) is 12.1 Å². The van der Waals surface area contributed by atoms with E-state index in [-0.39, 0.29) is 34.8 Å². The molecule has 55 heavy (non-hydrogen) atoms. The Morgan fingerprint density at radius 3 is 1.40 bits per heavy atom. The largest absolute Gasteiger partial charge is 0.534 e. The average molecular weight is 899 g/mol. The number of phenolic OH excluding ortho intramolecular Hbond substituents is 1. The number of aromatic hydroxyl groups is 1. The first-order valence-electron chi connectivity index (χ1n) is 14.3. The lowest BCUT2D eigenvalue weighted by Gasteiger charge is -2.09. The van der Waals surface area contributed by atoms with Crippen LogP contribution in [0.5, 0.6) is 11.5 Å². The Morgan fingerprint density at radius 2 is 0.982 bits per heavy atom. The van der Waals surface area contributed by atoms with Crippen LogP contribution < -0.4 is 4.18 Å². The van der Waals surface area contributed by atoms with E-state index in [4.69, 9.17) is 33.4 Å². The maximum Gasteiger partial charge on any atom is 0.534 e. The van der Waals surface area contributed by atoms with Crippen LogP contribution in [0.25, 0.3) is 43.9 Å². The molecule has 0 aliphatic heterocycles. The van der Waals surface area contributed by atoms with Crippen molar-refractivity contribution >= 4 is 97.4 Å². The molecule has 0 bridgehead atoms. The smallest absolute Gasteiger partial charge is 0.507 e. The topological polar surface area (TPSA) is 167 Å². The van der Waals surface area contributed by atoms with Crippen molar-refractivity contribution in [1.82, 2.24) is 0 Å². The van der Waals surface area contributed by atoms with Crippen LogP contribution in [0.2, 0.25) is 10.0 Å². The second kappa shape index (κ2) is 16.9. The van der Waals surface area contributed by atoms with Crippen LogP contribution >= 0.6 is 23.2 Å². The predicted octanol–water partition coefficient (Wildman–Crippen LogP) is 10.8. The Kier molecular flexibility index (Phi) is 13.9. The van der Waals surface area contributed by atoms with Crippen molar-refractivity contribution in [3.63, 3.8) is 0 Å². The van der Waals surface area contributed by atoms with Gasteiger partial charge in [-0.3, -0.25) is 0 Å². The van der Waals surface area contributed by atoms with Gasteiger partial charge in [0.05, 0.1) is 20.8 Å². The Hall–Kier alpha value is -4.16. The van der Waals surface area contributed by atoms with Gasteiger partial charge in [-0.05, 0) is 36.4 Å². The SMILES string of the molecule is C.O=S(=O)(OS(=O)(=O)C(F)(F)F)C(F)(F)F.O=S(=O)(Oc1cccc2oc3c(Cl)cccc3c12)C(F)(F)F.Oc1cccc2oc3c(Cl)cccc3c12.[2H]CC. The summed E-state index contributed by atoms with van der Waals surface area (Å²) in [5.41, 5.74) is -16.4. The predicted molar refractivity (Wildman–Crippen MR) is 184 cm³/mol. The van der Waals surface area contributed by atoms with Crippen LogP contribution in [0, 0.1) is 0 Å². The molecule has 2 aromatic heterocycles. The first-order valence-corrected chi connectivity index (χ1v) is 18.6. The molecule has 304 valence electrons. The molecule has 0 radical (unpaired) electrons. The molecule has 0 spiro atoms. The zero-order chi connectivity index (χ0) is 41.9. The van der Waals surface area contributed by atoms with Crippen LogP contribution in [-0.4, -0.2) is 46.9 Å². The fourth-order valence-corrected chi connectivity index (χ4v) is 6.46. The van der Waals surface area contributed by atoms with E-state index in [1.807, 2.05) is 21.8 Å². The molecule has 0 aliphatic carbocycles. The normalized spacial score (nSPS) is 12.8. The lowest BCUT2D eigenvalue weighted by atomic mass is 10.1. The molecule has 6 aromatic rings. The summed E-state index contributed by atoms with van der Waals surface area (Å²) in [7, 11) is -19.5. The van der Waals surface area contributed by atoms with Crippen molar-refractivity contribution in [3.8, 4) is 11.5 Å². The summed E-state index contributed by atoms with van der Waals surface area (Å²) < 4.78 is 191. The Bertz CT molecular complexity index is 2620. The van der Waals surface area contributed by atoms with Crippen molar-refractivity contribution in [2.75, 3.05) is 0 Å². The number of fused-ring (bicyclic) bond motifs is 6. The van der Waals surface area contributed by atoms with Gasteiger partial charge in [0.1, 0.15) is 16.9 Å². The molecular weight excluding hydrogens is 874 g/mol. The van der Waals surface area contributed by atoms with Gasteiger partial charge in [0.2, 0.25) is 0 Å². The quantitative estimate of drug-likeness (QED) is 0.102. The minimum absolute atomic E-state index is 0. The monoisotopic (exact) mass is 897 g/mol. The van der Waals surface area contributed by atoms with E-state index in [0.717, 1.165) is 16.8 Å². The van der Waals surface area contributed by atoms with Crippen LogP contribution in [0.3, 0.4) is 0 Å². The summed E-state index contributed by atoms with van der Waals surface area (Å²) >= 11 is 12.0. The van der Waals surface area contributed by atoms with Crippen molar-refractivity contribution in [2.24, 2.45) is 0 Å². The highest BCUT2D eigenvalue weighted by atomic mass is 35.5. The molecule has 1 N–H and O–H groups in total. The van der Waals surface area contributed by atoms with Gasteiger partial charge in [-0.2, -0.15) is 64.8 Å². The molecule has 0 amide bonds. The third-order valence-electron chi connectivity index (χ3n) is 6.12. The molecule has 4 aromatic carbocycles. The van der Waals surface area contributed by atoms with Gasteiger partial charge >= 0.3 is 46.9 Å². The van der Waals surface area contributed by atoms with Gasteiger partial charge in [0, 0.05) is 12.1 Å². The van der Waals surface area contributed by atoms with E-state index in [2.05, 4.69) is 4.18 Å². The highest BCUT2D eigenvalue weighted by Crippen LogP contribution is 2.40. The number of para-hydroxylation sites is 2. The van der Waals surface area contributed by atoms with Crippen LogP contribution in [0.4, 0.5) is 39.5 Å². The zero-order valence-corrected chi connectivity index (χ0v) is 30.0. The first kappa shape index (κ1) is 45.2. The third kappa shape index (κ3) is 10.2. The molecule has 0 aliphatic rings. The molecular formula is C30H23Cl2F9O11S3. The fourth-order valence-electron chi connectivity index (χ4n) is 4.01. The van der Waals surface area contributed by atoms with Gasteiger partial charge in [0.15, 0.2) is 16.9 Å². The molecule has 0 saturated carbocycles. The number of benzene rings is 4. The number of halogens is 11. The maximum atomic E-state index is 12.5.